The number of carbonyl (C=O) groups excluding carboxylic acids is 1. The van der Waals surface area contributed by atoms with Gasteiger partial charge in [0.05, 0.1) is 13.0 Å². The fraction of sp³-hybridized carbons (Fsp3) is 0.650. The highest BCUT2D eigenvalue weighted by Gasteiger charge is 2.22. The van der Waals surface area contributed by atoms with Crippen LogP contribution in [0.5, 0.6) is 5.75 Å². The van der Waals surface area contributed by atoms with Gasteiger partial charge in [-0.05, 0) is 43.9 Å². The summed E-state index contributed by atoms with van der Waals surface area (Å²) in [7, 11) is 0. The number of carbonyl (C=O) groups is 1. The molecule has 1 aromatic rings. The van der Waals surface area contributed by atoms with E-state index in [-0.39, 0.29) is 18.3 Å². The van der Waals surface area contributed by atoms with Gasteiger partial charge in [0.25, 0.3) is 0 Å². The lowest BCUT2D eigenvalue weighted by Crippen LogP contribution is -2.37. The van der Waals surface area contributed by atoms with E-state index in [4.69, 9.17) is 9.47 Å². The number of halogens is 1. The van der Waals surface area contributed by atoms with Crippen LogP contribution in [0, 0.1) is 11.7 Å². The topological polar surface area (TPSA) is 42.0 Å². The second kappa shape index (κ2) is 9.88. The maximum Gasteiger partial charge on any atom is 0.226 e. The number of hydrogen-bond acceptors (Lipinski definition) is 4. The van der Waals surface area contributed by atoms with Crippen LogP contribution in [0.25, 0.3) is 0 Å². The highest BCUT2D eigenvalue weighted by molar-refractivity contribution is 5.76. The lowest BCUT2D eigenvalue weighted by atomic mass is 10.00. The highest BCUT2D eigenvalue weighted by atomic mass is 19.1. The van der Waals surface area contributed by atoms with Crippen molar-refractivity contribution in [1.29, 1.82) is 0 Å². The molecule has 0 unspecified atom stereocenters. The van der Waals surface area contributed by atoms with Crippen molar-refractivity contribution in [2.75, 3.05) is 52.5 Å². The number of rotatable bonds is 6. The van der Waals surface area contributed by atoms with Crippen LogP contribution in [0.15, 0.2) is 24.3 Å². The van der Waals surface area contributed by atoms with E-state index < -0.39 is 0 Å². The number of amides is 1. The molecule has 0 bridgehead atoms. The van der Waals surface area contributed by atoms with Crippen molar-refractivity contribution in [3.05, 3.63) is 30.1 Å². The minimum Gasteiger partial charge on any atom is -0.493 e. The zero-order valence-electron chi connectivity index (χ0n) is 15.4. The van der Waals surface area contributed by atoms with Gasteiger partial charge in [-0.1, -0.05) is 6.07 Å². The molecule has 0 spiro atoms. The van der Waals surface area contributed by atoms with E-state index in [2.05, 4.69) is 4.90 Å². The van der Waals surface area contributed by atoms with E-state index in [9.17, 15) is 9.18 Å². The molecule has 1 amide bonds. The fourth-order valence-electron chi connectivity index (χ4n) is 3.67. The lowest BCUT2D eigenvalue weighted by molar-refractivity contribution is -0.131. The second-order valence-electron chi connectivity index (χ2n) is 7.15. The van der Waals surface area contributed by atoms with Crippen LogP contribution in [0.1, 0.15) is 25.7 Å². The first kappa shape index (κ1) is 19.1. The van der Waals surface area contributed by atoms with E-state index in [0.717, 1.165) is 71.1 Å². The van der Waals surface area contributed by atoms with Crippen LogP contribution < -0.4 is 4.74 Å². The Morgan fingerprint density at radius 2 is 2.04 bits per heavy atom. The van der Waals surface area contributed by atoms with Crippen molar-refractivity contribution in [1.82, 2.24) is 9.80 Å². The summed E-state index contributed by atoms with van der Waals surface area (Å²) < 4.78 is 24.1. The van der Waals surface area contributed by atoms with Crippen molar-refractivity contribution >= 4 is 5.91 Å². The molecule has 0 saturated carbocycles. The Labute approximate surface area is 155 Å². The summed E-state index contributed by atoms with van der Waals surface area (Å²) in [4.78, 5) is 16.9. The fourth-order valence-corrected chi connectivity index (χ4v) is 3.67. The Kier molecular flexibility index (Phi) is 7.26. The first-order valence-corrected chi connectivity index (χ1v) is 9.67. The van der Waals surface area contributed by atoms with Crippen molar-refractivity contribution in [2.45, 2.75) is 25.7 Å². The zero-order chi connectivity index (χ0) is 18.2. The molecular weight excluding hydrogens is 335 g/mol. The highest BCUT2D eigenvalue weighted by Crippen LogP contribution is 2.17. The third-order valence-electron chi connectivity index (χ3n) is 5.18. The summed E-state index contributed by atoms with van der Waals surface area (Å²) in [5.74, 6) is 0.988. The molecule has 0 N–H and O–H groups in total. The molecule has 0 atom stereocenters. The average Bonchev–Trinajstić information content (AvgIpc) is 2.88. The van der Waals surface area contributed by atoms with Gasteiger partial charge >= 0.3 is 0 Å². The molecule has 5 nitrogen and oxygen atoms in total. The minimum absolute atomic E-state index is 0.120. The van der Waals surface area contributed by atoms with Gasteiger partial charge in [0, 0.05) is 45.5 Å². The van der Waals surface area contributed by atoms with Gasteiger partial charge in [-0.3, -0.25) is 4.79 Å². The van der Waals surface area contributed by atoms with Crippen molar-refractivity contribution in [3.8, 4) is 5.75 Å². The van der Waals surface area contributed by atoms with Gasteiger partial charge in [-0.25, -0.2) is 4.39 Å². The monoisotopic (exact) mass is 364 g/mol. The SMILES string of the molecule is O=C(CCOc1cccc(F)c1)N1CCCN(CC2CCOCC2)CC1. The summed E-state index contributed by atoms with van der Waals surface area (Å²) >= 11 is 0. The molecule has 2 fully saturated rings. The molecule has 0 radical (unpaired) electrons. The van der Waals surface area contributed by atoms with Gasteiger partial charge in [0.1, 0.15) is 11.6 Å². The number of hydrogen-bond donors (Lipinski definition) is 0. The van der Waals surface area contributed by atoms with E-state index >= 15 is 0 Å². The first-order valence-electron chi connectivity index (χ1n) is 9.67. The predicted molar refractivity (Wildman–Crippen MR) is 97.7 cm³/mol. The molecule has 26 heavy (non-hydrogen) atoms. The number of nitrogens with zero attached hydrogens (tertiary/aromatic N) is 2. The Balaban J connectivity index is 1.38. The molecule has 0 aliphatic carbocycles. The summed E-state index contributed by atoms with van der Waals surface area (Å²) in [6, 6.07) is 6.02. The third kappa shape index (κ3) is 5.95. The van der Waals surface area contributed by atoms with Crippen LogP contribution >= 0.6 is 0 Å². The van der Waals surface area contributed by atoms with Gasteiger partial charge in [0.15, 0.2) is 0 Å². The van der Waals surface area contributed by atoms with Crippen LogP contribution in [0.4, 0.5) is 4.39 Å². The van der Waals surface area contributed by atoms with Crippen LogP contribution in [-0.4, -0.2) is 68.3 Å². The third-order valence-corrected chi connectivity index (χ3v) is 5.18. The van der Waals surface area contributed by atoms with Crippen LogP contribution in [0.3, 0.4) is 0 Å². The summed E-state index contributed by atoms with van der Waals surface area (Å²) in [6.07, 6.45) is 3.64. The van der Waals surface area contributed by atoms with Gasteiger partial charge in [-0.15, -0.1) is 0 Å². The largest absolute Gasteiger partial charge is 0.493 e. The lowest BCUT2D eigenvalue weighted by Gasteiger charge is -2.28. The van der Waals surface area contributed by atoms with Crippen molar-refractivity contribution in [3.63, 3.8) is 0 Å². The molecule has 0 aromatic heterocycles. The summed E-state index contributed by atoms with van der Waals surface area (Å²) in [5.41, 5.74) is 0. The standard InChI is InChI=1S/C20H29FN2O3/c21-18-3-1-4-19(15-18)26-14-7-20(24)23-9-2-8-22(10-11-23)16-17-5-12-25-13-6-17/h1,3-4,15,17H,2,5-14,16H2. The van der Waals surface area contributed by atoms with Crippen LogP contribution in [-0.2, 0) is 9.53 Å². The number of ether oxygens (including phenoxy) is 2. The first-order chi connectivity index (χ1) is 12.7. The van der Waals surface area contributed by atoms with Gasteiger partial charge < -0.3 is 19.3 Å². The predicted octanol–water partition coefficient (Wildman–Crippen LogP) is 2.56. The van der Waals surface area contributed by atoms with Gasteiger partial charge in [-0.2, -0.15) is 0 Å². The molecule has 3 rings (SSSR count). The zero-order valence-corrected chi connectivity index (χ0v) is 15.4. The Morgan fingerprint density at radius 1 is 1.19 bits per heavy atom. The molecular formula is C20H29FN2O3. The van der Waals surface area contributed by atoms with Crippen LogP contribution in [0.2, 0.25) is 0 Å². The maximum atomic E-state index is 13.1. The maximum absolute atomic E-state index is 13.1. The number of benzene rings is 1. The van der Waals surface area contributed by atoms with E-state index in [1.165, 1.54) is 12.1 Å². The molecule has 2 aliphatic rings. The molecule has 6 heteroatoms. The van der Waals surface area contributed by atoms with Crippen molar-refractivity contribution in [2.24, 2.45) is 5.92 Å². The van der Waals surface area contributed by atoms with E-state index in [0.29, 0.717) is 12.2 Å². The van der Waals surface area contributed by atoms with E-state index in [1.54, 1.807) is 12.1 Å². The molecule has 1 aromatic carbocycles. The Bertz CT molecular complexity index is 578. The molecule has 2 saturated heterocycles. The molecule has 2 aliphatic heterocycles. The quantitative estimate of drug-likeness (QED) is 0.778. The summed E-state index contributed by atoms with van der Waals surface area (Å²) in [6.45, 7) is 6.75. The average molecular weight is 364 g/mol. The molecule has 144 valence electrons. The smallest absolute Gasteiger partial charge is 0.226 e. The van der Waals surface area contributed by atoms with Crippen molar-refractivity contribution < 1.29 is 18.7 Å². The van der Waals surface area contributed by atoms with E-state index in [1.807, 2.05) is 4.90 Å². The van der Waals surface area contributed by atoms with Gasteiger partial charge in [0.2, 0.25) is 5.91 Å². The second-order valence-corrected chi connectivity index (χ2v) is 7.15. The molecule has 2 heterocycles. The summed E-state index contributed by atoms with van der Waals surface area (Å²) in [5, 5.41) is 0. The normalized spacial score (nSPS) is 20.0. The minimum atomic E-state index is -0.328. The Morgan fingerprint density at radius 3 is 2.85 bits per heavy atom. The Hall–Kier alpha value is -1.66.